The third-order valence-corrected chi connectivity index (χ3v) is 3.03. The average Bonchev–Trinajstić information content (AvgIpc) is 3.29. The lowest BCUT2D eigenvalue weighted by Gasteiger charge is -2.11. The zero-order valence-corrected chi connectivity index (χ0v) is 12.4. The predicted molar refractivity (Wildman–Crippen MR) is 86.6 cm³/mol. The highest BCUT2D eigenvalue weighted by Gasteiger charge is 1.91. The lowest BCUT2D eigenvalue weighted by atomic mass is 10.4. The van der Waals surface area contributed by atoms with Gasteiger partial charge in [0.25, 0.3) is 0 Å². The molecule has 0 atom stereocenters. The quantitative estimate of drug-likeness (QED) is 0.668. The molecule has 3 aromatic heterocycles. The van der Waals surface area contributed by atoms with Gasteiger partial charge >= 0.3 is 0 Å². The van der Waals surface area contributed by atoms with Gasteiger partial charge in [-0.15, -0.1) is 0 Å². The fourth-order valence-electron chi connectivity index (χ4n) is 1.93. The second kappa shape index (κ2) is 9.40. The minimum atomic E-state index is 0.361. The maximum absolute atomic E-state index is 8.08. The standard InChI is InChI=1S/C8H7N.C5H3NO.C4H10N2/c1-2-6-9-7-3-5-8(9)4-1;6-4-5-2-1-3-7-5;1-2-6-4-3-5-1/h1-7H;1-3H;5-6H,1-4H2. The molecular weight excluding hydrogens is 276 g/mol. The normalized spacial score (nSPS) is 13.2. The highest BCUT2D eigenvalue weighted by Crippen LogP contribution is 2.01. The molecule has 22 heavy (non-hydrogen) atoms. The lowest BCUT2D eigenvalue weighted by Crippen LogP contribution is -2.39. The molecule has 0 saturated carbocycles. The van der Waals surface area contributed by atoms with Crippen LogP contribution >= 0.6 is 0 Å². The van der Waals surface area contributed by atoms with Crippen LogP contribution in [0, 0.1) is 11.3 Å². The number of rotatable bonds is 0. The van der Waals surface area contributed by atoms with E-state index in [0.717, 1.165) is 26.2 Å². The van der Waals surface area contributed by atoms with Crippen molar-refractivity contribution in [1.82, 2.24) is 15.0 Å². The Hall–Kier alpha value is -2.55. The van der Waals surface area contributed by atoms with Crippen LogP contribution in [0.2, 0.25) is 0 Å². The largest absolute Gasteiger partial charge is 0.454 e. The minimum Gasteiger partial charge on any atom is -0.454 e. The number of piperazine rings is 1. The van der Waals surface area contributed by atoms with Crippen molar-refractivity contribution in [3.8, 4) is 6.07 Å². The van der Waals surface area contributed by atoms with E-state index in [1.165, 1.54) is 11.8 Å². The molecule has 0 unspecified atom stereocenters. The van der Waals surface area contributed by atoms with Crippen LogP contribution in [0.25, 0.3) is 5.52 Å². The van der Waals surface area contributed by atoms with Crippen molar-refractivity contribution in [3.63, 3.8) is 0 Å². The van der Waals surface area contributed by atoms with E-state index < -0.39 is 0 Å². The Bertz CT molecular complexity index is 636. The third kappa shape index (κ3) is 5.44. The van der Waals surface area contributed by atoms with Crippen molar-refractivity contribution in [2.24, 2.45) is 0 Å². The van der Waals surface area contributed by atoms with Gasteiger partial charge in [0.1, 0.15) is 6.07 Å². The molecule has 1 aliphatic heterocycles. The smallest absolute Gasteiger partial charge is 0.203 e. The van der Waals surface area contributed by atoms with Gasteiger partial charge in [0.15, 0.2) is 0 Å². The van der Waals surface area contributed by atoms with Crippen molar-refractivity contribution >= 4 is 5.52 Å². The van der Waals surface area contributed by atoms with E-state index in [1.807, 2.05) is 36.7 Å². The fraction of sp³-hybridized carbons (Fsp3) is 0.235. The predicted octanol–water partition coefficient (Wildman–Crippen LogP) is 2.27. The van der Waals surface area contributed by atoms with Crippen LogP contribution in [-0.2, 0) is 0 Å². The SMILES string of the molecule is C1CNCCN1.N#Cc1ccco1.c1ccn2cccc2c1. The molecule has 1 aliphatic rings. The Morgan fingerprint density at radius 1 is 0.909 bits per heavy atom. The number of nitrogens with one attached hydrogen (secondary N) is 2. The molecule has 1 saturated heterocycles. The molecule has 2 N–H and O–H groups in total. The van der Waals surface area contributed by atoms with Crippen molar-refractivity contribution in [2.75, 3.05) is 26.2 Å². The molecule has 0 radical (unpaired) electrons. The molecule has 0 spiro atoms. The number of hydrogen-bond donors (Lipinski definition) is 2. The molecule has 5 heteroatoms. The molecule has 0 amide bonds. The maximum Gasteiger partial charge on any atom is 0.203 e. The molecule has 4 heterocycles. The zero-order valence-electron chi connectivity index (χ0n) is 12.4. The van der Waals surface area contributed by atoms with Gasteiger partial charge in [0, 0.05) is 44.1 Å². The summed E-state index contributed by atoms with van der Waals surface area (Å²) in [4.78, 5) is 0. The molecule has 1 fully saturated rings. The molecule has 0 bridgehead atoms. The number of aromatic nitrogens is 1. The van der Waals surface area contributed by atoms with Crippen molar-refractivity contribution in [3.05, 3.63) is 66.9 Å². The molecule has 4 rings (SSSR count). The number of fused-ring (bicyclic) bond motifs is 1. The highest BCUT2D eigenvalue weighted by molar-refractivity contribution is 5.46. The average molecular weight is 296 g/mol. The van der Waals surface area contributed by atoms with Crippen LogP contribution in [0.15, 0.2) is 65.5 Å². The van der Waals surface area contributed by atoms with Gasteiger partial charge in [-0.05, 0) is 36.4 Å². The Morgan fingerprint density at radius 3 is 2.09 bits per heavy atom. The van der Waals surface area contributed by atoms with Crippen LogP contribution in [0.1, 0.15) is 5.76 Å². The first-order valence-electron chi connectivity index (χ1n) is 7.27. The lowest BCUT2D eigenvalue weighted by molar-refractivity contribution is 0.534. The van der Waals surface area contributed by atoms with E-state index in [-0.39, 0.29) is 0 Å². The summed E-state index contributed by atoms with van der Waals surface area (Å²) in [6.45, 7) is 4.56. The Labute approximate surface area is 130 Å². The van der Waals surface area contributed by atoms with Gasteiger partial charge in [-0.2, -0.15) is 5.26 Å². The Kier molecular flexibility index (Phi) is 6.76. The summed E-state index contributed by atoms with van der Waals surface area (Å²) in [6.07, 6.45) is 5.54. The van der Waals surface area contributed by atoms with Crippen LogP contribution in [0.3, 0.4) is 0 Å². The second-order valence-corrected chi connectivity index (χ2v) is 4.63. The van der Waals surface area contributed by atoms with Gasteiger partial charge in [-0.1, -0.05) is 6.07 Å². The fourth-order valence-corrected chi connectivity index (χ4v) is 1.93. The second-order valence-electron chi connectivity index (χ2n) is 4.63. The van der Waals surface area contributed by atoms with E-state index in [0.29, 0.717) is 5.76 Å². The van der Waals surface area contributed by atoms with Crippen molar-refractivity contribution in [1.29, 1.82) is 5.26 Å². The molecule has 114 valence electrons. The molecule has 0 aromatic carbocycles. The number of nitriles is 1. The Morgan fingerprint density at radius 2 is 1.59 bits per heavy atom. The molecule has 3 aromatic rings. The monoisotopic (exact) mass is 296 g/mol. The summed E-state index contributed by atoms with van der Waals surface area (Å²) in [7, 11) is 0. The van der Waals surface area contributed by atoms with Crippen LogP contribution < -0.4 is 10.6 Å². The molecule has 5 nitrogen and oxygen atoms in total. The van der Waals surface area contributed by atoms with Crippen LogP contribution in [-0.4, -0.2) is 30.6 Å². The maximum atomic E-state index is 8.08. The summed E-state index contributed by atoms with van der Waals surface area (Å²) < 4.78 is 6.70. The number of hydrogen-bond acceptors (Lipinski definition) is 4. The van der Waals surface area contributed by atoms with Crippen molar-refractivity contribution in [2.45, 2.75) is 0 Å². The summed E-state index contributed by atoms with van der Waals surface area (Å²) >= 11 is 0. The third-order valence-electron chi connectivity index (χ3n) is 3.03. The van der Waals surface area contributed by atoms with E-state index in [2.05, 4.69) is 31.6 Å². The van der Waals surface area contributed by atoms with E-state index >= 15 is 0 Å². The van der Waals surface area contributed by atoms with Crippen LogP contribution in [0.5, 0.6) is 0 Å². The first-order chi connectivity index (χ1) is 10.9. The van der Waals surface area contributed by atoms with Gasteiger partial charge in [0.2, 0.25) is 5.76 Å². The van der Waals surface area contributed by atoms with Gasteiger partial charge in [0.05, 0.1) is 6.26 Å². The molecule has 0 aliphatic carbocycles. The topological polar surface area (TPSA) is 65.4 Å². The van der Waals surface area contributed by atoms with Crippen LogP contribution in [0.4, 0.5) is 0 Å². The number of nitrogens with zero attached hydrogens (tertiary/aromatic N) is 2. The van der Waals surface area contributed by atoms with Gasteiger partial charge in [-0.25, -0.2) is 0 Å². The van der Waals surface area contributed by atoms with Gasteiger partial charge in [-0.3, -0.25) is 0 Å². The van der Waals surface area contributed by atoms with Crippen molar-refractivity contribution < 1.29 is 4.42 Å². The minimum absolute atomic E-state index is 0.361. The number of furan rings is 1. The first-order valence-corrected chi connectivity index (χ1v) is 7.27. The van der Waals surface area contributed by atoms with E-state index in [1.54, 1.807) is 12.1 Å². The summed E-state index contributed by atoms with van der Waals surface area (Å²) in [5.41, 5.74) is 1.25. The van der Waals surface area contributed by atoms with E-state index in [4.69, 9.17) is 5.26 Å². The first kappa shape index (κ1) is 15.8. The Balaban J connectivity index is 0.000000124. The summed E-state index contributed by atoms with van der Waals surface area (Å²) in [5, 5.41) is 14.5. The highest BCUT2D eigenvalue weighted by atomic mass is 16.3. The zero-order chi connectivity index (χ0) is 15.5. The summed E-state index contributed by atoms with van der Waals surface area (Å²) in [5.74, 6) is 0.361. The summed E-state index contributed by atoms with van der Waals surface area (Å²) in [6, 6.07) is 15.4. The van der Waals surface area contributed by atoms with E-state index in [9.17, 15) is 0 Å². The number of pyridine rings is 1. The molecular formula is C17H20N4O. The van der Waals surface area contributed by atoms with Gasteiger partial charge < -0.3 is 19.5 Å².